The minimum atomic E-state index is -0.362. The summed E-state index contributed by atoms with van der Waals surface area (Å²) < 4.78 is 33.7. The number of allylic oxidation sites excluding steroid dienone is 2. The summed E-state index contributed by atoms with van der Waals surface area (Å²) in [6.45, 7) is 12.9. The highest BCUT2D eigenvalue weighted by Gasteiger charge is 2.33. The van der Waals surface area contributed by atoms with Crippen molar-refractivity contribution in [3.05, 3.63) is 33.9 Å². The van der Waals surface area contributed by atoms with Crippen molar-refractivity contribution in [3.8, 4) is 11.5 Å². The molecule has 2 fully saturated rings. The second-order valence-corrected chi connectivity index (χ2v) is 10.1. The van der Waals surface area contributed by atoms with Crippen LogP contribution >= 0.6 is 0 Å². The fourth-order valence-corrected chi connectivity index (χ4v) is 5.13. The second kappa shape index (κ2) is 14.6. The average molecular weight is 547 g/mol. The fraction of sp³-hybridized carbons (Fsp3) is 0.655. The van der Waals surface area contributed by atoms with Gasteiger partial charge in [-0.2, -0.15) is 0 Å². The highest BCUT2D eigenvalue weighted by atomic mass is 16.5. The number of ether oxygens (including phenoxy) is 6. The van der Waals surface area contributed by atoms with Crippen LogP contribution in [0.15, 0.2) is 11.6 Å². The largest absolute Gasteiger partial charge is 0.496 e. The molecular weight excluding hydrogens is 504 g/mol. The molecule has 0 aliphatic carbocycles. The molecule has 0 bridgehead atoms. The molecule has 0 unspecified atom stereocenters. The zero-order chi connectivity index (χ0) is 27.6. The van der Waals surface area contributed by atoms with Gasteiger partial charge in [-0.1, -0.05) is 11.6 Å². The number of hydrogen-bond donors (Lipinski definition) is 0. The summed E-state index contributed by atoms with van der Waals surface area (Å²) in [5, 5.41) is 0. The number of methoxy groups -OCH3 is 1. The van der Waals surface area contributed by atoms with Gasteiger partial charge in [0.25, 0.3) is 0 Å². The van der Waals surface area contributed by atoms with E-state index in [1.807, 2.05) is 13.8 Å². The van der Waals surface area contributed by atoms with Gasteiger partial charge >= 0.3 is 11.9 Å². The Morgan fingerprint density at radius 2 is 1.59 bits per heavy atom. The summed E-state index contributed by atoms with van der Waals surface area (Å²) in [6.07, 6.45) is 3.49. The second-order valence-electron chi connectivity index (χ2n) is 10.1. The third-order valence-corrected chi connectivity index (χ3v) is 7.54. The van der Waals surface area contributed by atoms with Gasteiger partial charge in [0.15, 0.2) is 0 Å². The van der Waals surface area contributed by atoms with Crippen LogP contribution in [0.4, 0.5) is 0 Å². The van der Waals surface area contributed by atoms with Crippen molar-refractivity contribution >= 4 is 11.9 Å². The Kier molecular flexibility index (Phi) is 11.0. The number of esters is 2. The van der Waals surface area contributed by atoms with Crippen LogP contribution in [0.25, 0.3) is 0 Å². The van der Waals surface area contributed by atoms with Crippen LogP contribution < -0.4 is 9.47 Å². The van der Waals surface area contributed by atoms with Gasteiger partial charge < -0.3 is 28.4 Å². The highest BCUT2D eigenvalue weighted by molar-refractivity contribution is 5.98. The number of rotatable bonds is 13. The maximum Gasteiger partial charge on any atom is 0.342 e. The van der Waals surface area contributed by atoms with Gasteiger partial charge in [0.2, 0.25) is 0 Å². The van der Waals surface area contributed by atoms with Crippen LogP contribution in [-0.4, -0.2) is 108 Å². The van der Waals surface area contributed by atoms with Gasteiger partial charge in [-0.3, -0.25) is 14.6 Å². The Labute approximate surface area is 231 Å². The van der Waals surface area contributed by atoms with E-state index in [4.69, 9.17) is 28.4 Å². The van der Waals surface area contributed by atoms with E-state index in [-0.39, 0.29) is 18.5 Å². The molecule has 1 aromatic carbocycles. The molecule has 3 aliphatic rings. The van der Waals surface area contributed by atoms with E-state index in [9.17, 15) is 9.59 Å². The SMILES string of the molecule is COc1c(C)c2c(c(OCCN3CCOCC3)c1C/C=C(\C)CCC(=O)OCCN1CCOCC1)C(=O)OC2. The van der Waals surface area contributed by atoms with E-state index in [1.54, 1.807) is 7.11 Å². The normalized spacial score (nSPS) is 18.5. The summed E-state index contributed by atoms with van der Waals surface area (Å²) in [5.41, 5.74) is 4.09. The van der Waals surface area contributed by atoms with Gasteiger partial charge in [0.1, 0.15) is 36.9 Å². The predicted molar refractivity (Wildman–Crippen MR) is 145 cm³/mol. The third kappa shape index (κ3) is 7.94. The van der Waals surface area contributed by atoms with E-state index in [1.165, 1.54) is 0 Å². The van der Waals surface area contributed by atoms with Crippen molar-refractivity contribution in [2.75, 3.05) is 86.0 Å². The quantitative estimate of drug-likeness (QED) is 0.271. The molecule has 0 spiro atoms. The van der Waals surface area contributed by atoms with Crippen LogP contribution in [0, 0.1) is 6.92 Å². The maximum absolute atomic E-state index is 12.7. The maximum atomic E-state index is 12.7. The molecular formula is C29H42N2O8. The van der Waals surface area contributed by atoms with Crippen LogP contribution in [0.2, 0.25) is 0 Å². The molecule has 3 heterocycles. The van der Waals surface area contributed by atoms with E-state index in [0.29, 0.717) is 49.5 Å². The molecule has 39 heavy (non-hydrogen) atoms. The lowest BCUT2D eigenvalue weighted by Crippen LogP contribution is -2.38. The van der Waals surface area contributed by atoms with Crippen LogP contribution in [-0.2, 0) is 36.8 Å². The van der Waals surface area contributed by atoms with Crippen molar-refractivity contribution in [2.45, 2.75) is 39.7 Å². The fourth-order valence-electron chi connectivity index (χ4n) is 5.13. The first-order valence-corrected chi connectivity index (χ1v) is 13.9. The number of carbonyl (C=O) groups excluding carboxylic acids is 2. The lowest BCUT2D eigenvalue weighted by Gasteiger charge is -2.27. The van der Waals surface area contributed by atoms with Crippen molar-refractivity contribution < 1.29 is 38.0 Å². The zero-order valence-corrected chi connectivity index (χ0v) is 23.6. The molecule has 0 saturated carbocycles. The topological polar surface area (TPSA) is 96.0 Å². The van der Waals surface area contributed by atoms with E-state index in [2.05, 4.69) is 15.9 Å². The summed E-state index contributed by atoms with van der Waals surface area (Å²) in [7, 11) is 1.64. The number of benzene rings is 1. The van der Waals surface area contributed by atoms with E-state index >= 15 is 0 Å². The van der Waals surface area contributed by atoms with Crippen molar-refractivity contribution in [1.82, 2.24) is 9.80 Å². The van der Waals surface area contributed by atoms with Gasteiger partial charge in [-0.15, -0.1) is 0 Å². The molecule has 1 aromatic rings. The van der Waals surface area contributed by atoms with Crippen LogP contribution in [0.3, 0.4) is 0 Å². The number of hydrogen-bond acceptors (Lipinski definition) is 10. The predicted octanol–water partition coefficient (Wildman–Crippen LogP) is 2.53. The minimum absolute atomic E-state index is 0.197. The summed E-state index contributed by atoms with van der Waals surface area (Å²) in [4.78, 5) is 29.5. The Hall–Kier alpha value is -2.66. The standard InChI is InChI=1S/C29H42N2O8/c1-21(5-7-25(32)37-18-12-30-8-14-35-15-9-30)4-6-23-27(34-3)22(2)24-20-39-29(33)26(24)28(23)38-19-13-31-10-16-36-17-11-31/h4H,5-20H2,1-3H3/b21-4+. The molecule has 0 atom stereocenters. The summed E-state index contributed by atoms with van der Waals surface area (Å²) in [5.74, 6) is 0.686. The lowest BCUT2D eigenvalue weighted by atomic mass is 9.94. The Balaban J connectivity index is 1.38. The number of fused-ring (bicyclic) bond motifs is 1. The smallest absolute Gasteiger partial charge is 0.342 e. The molecule has 0 amide bonds. The Morgan fingerprint density at radius 1 is 0.949 bits per heavy atom. The van der Waals surface area contributed by atoms with Gasteiger partial charge in [0, 0.05) is 56.8 Å². The van der Waals surface area contributed by atoms with Crippen molar-refractivity contribution in [1.29, 1.82) is 0 Å². The lowest BCUT2D eigenvalue weighted by molar-refractivity contribution is -0.144. The van der Waals surface area contributed by atoms with Gasteiger partial charge in [-0.25, -0.2) is 4.79 Å². The first-order valence-electron chi connectivity index (χ1n) is 13.9. The monoisotopic (exact) mass is 546 g/mol. The molecule has 0 N–H and O–H groups in total. The number of nitrogens with zero attached hydrogens (tertiary/aromatic N) is 2. The minimum Gasteiger partial charge on any atom is -0.496 e. The van der Waals surface area contributed by atoms with Crippen molar-refractivity contribution in [3.63, 3.8) is 0 Å². The first kappa shape index (κ1) is 29.3. The molecule has 0 radical (unpaired) electrons. The van der Waals surface area contributed by atoms with E-state index < -0.39 is 0 Å². The average Bonchev–Trinajstić information content (AvgIpc) is 3.34. The molecule has 216 valence electrons. The first-order chi connectivity index (χ1) is 19.0. The molecule has 3 aliphatic heterocycles. The van der Waals surface area contributed by atoms with Gasteiger partial charge in [0.05, 0.1) is 33.5 Å². The molecule has 10 nitrogen and oxygen atoms in total. The number of carbonyl (C=O) groups is 2. The van der Waals surface area contributed by atoms with Gasteiger partial charge in [-0.05, 0) is 32.3 Å². The molecule has 0 aromatic heterocycles. The zero-order valence-electron chi connectivity index (χ0n) is 23.6. The Morgan fingerprint density at radius 3 is 2.23 bits per heavy atom. The Bertz CT molecular complexity index is 1030. The van der Waals surface area contributed by atoms with Crippen LogP contribution in [0.1, 0.15) is 46.8 Å². The number of cyclic esters (lactones) is 1. The van der Waals surface area contributed by atoms with E-state index in [0.717, 1.165) is 88.0 Å². The van der Waals surface area contributed by atoms with Crippen LogP contribution in [0.5, 0.6) is 11.5 Å². The molecule has 4 rings (SSSR count). The highest BCUT2D eigenvalue weighted by Crippen LogP contribution is 2.43. The molecule has 2 saturated heterocycles. The van der Waals surface area contributed by atoms with Crippen molar-refractivity contribution in [2.24, 2.45) is 0 Å². The summed E-state index contributed by atoms with van der Waals surface area (Å²) >= 11 is 0. The third-order valence-electron chi connectivity index (χ3n) is 7.54. The number of morpholine rings is 2. The molecule has 10 heteroatoms. The summed E-state index contributed by atoms with van der Waals surface area (Å²) in [6, 6.07) is 0.